The molecule has 0 aliphatic carbocycles. The van der Waals surface area contributed by atoms with Crippen LogP contribution >= 0.6 is 0 Å². The third-order valence-electron chi connectivity index (χ3n) is 4.10. The molecular weight excluding hydrogens is 480 g/mol. The van der Waals surface area contributed by atoms with Gasteiger partial charge in [0.1, 0.15) is 0 Å². The topological polar surface area (TPSA) is 36.9 Å². The van der Waals surface area contributed by atoms with E-state index in [0.717, 1.165) is 12.8 Å². The third kappa shape index (κ3) is 12.1. The number of hydrogen-bond acceptors (Lipinski definition) is 4. The monoisotopic (exact) mass is 509 g/mol. The van der Waals surface area contributed by atoms with Gasteiger partial charge in [0.05, 0.1) is 0 Å². The second-order valence-electron chi connectivity index (χ2n) is 7.45. The summed E-state index contributed by atoms with van der Waals surface area (Å²) in [7, 11) is -11.1. The molecule has 0 heterocycles. The molecule has 0 amide bonds. The summed E-state index contributed by atoms with van der Waals surface area (Å²) in [4.78, 5) is 0. The molecule has 0 bridgehead atoms. The lowest BCUT2D eigenvalue weighted by Crippen LogP contribution is -2.63. The highest BCUT2D eigenvalue weighted by molar-refractivity contribution is 6.90. The van der Waals surface area contributed by atoms with E-state index in [-0.39, 0.29) is 12.8 Å². The fourth-order valence-corrected chi connectivity index (χ4v) is 15.4. The van der Waals surface area contributed by atoms with Crippen molar-refractivity contribution >= 4 is 26.2 Å². The first-order valence-corrected chi connectivity index (χ1v) is 16.6. The molecule has 0 rings (SSSR count). The van der Waals surface area contributed by atoms with Crippen LogP contribution in [-0.2, 0) is 17.4 Å². The third-order valence-corrected chi connectivity index (χ3v) is 15.6. The van der Waals surface area contributed by atoms with Crippen molar-refractivity contribution in [2.75, 3.05) is 0 Å². The van der Waals surface area contributed by atoms with Gasteiger partial charge >= 0.3 is 28.1 Å². The average Bonchev–Trinajstić information content (AvgIpc) is 2.44. The largest absolute Gasteiger partial charge is 0.520 e. The number of alkyl halides is 8. The maximum Gasteiger partial charge on any atom is 0.520 e. The lowest BCUT2D eigenvalue weighted by atomic mass is 10.1. The van der Waals surface area contributed by atoms with E-state index in [9.17, 15) is 35.1 Å². The molecule has 0 aliphatic heterocycles. The Morgan fingerprint density at radius 3 is 1.67 bits per heavy atom. The fraction of sp³-hybridized carbons (Fsp3) is 1.00. The van der Waals surface area contributed by atoms with Gasteiger partial charge in [-0.15, -0.1) is 26.3 Å². The minimum absolute atomic E-state index is 0.198. The molecule has 15 heteroatoms. The van der Waals surface area contributed by atoms with Gasteiger partial charge in [-0.1, -0.05) is 39.0 Å². The van der Waals surface area contributed by atoms with E-state index in [1.54, 1.807) is 13.1 Å². The van der Waals surface area contributed by atoms with Crippen molar-refractivity contribution in [2.24, 2.45) is 0 Å². The van der Waals surface area contributed by atoms with Crippen molar-refractivity contribution in [2.45, 2.75) is 96.1 Å². The average molecular weight is 510 g/mol. The molecule has 0 aromatic heterocycles. The molecule has 0 N–H and O–H groups in total. The van der Waals surface area contributed by atoms with Crippen LogP contribution in [0, 0.1) is 0 Å². The molecule has 0 spiro atoms. The zero-order chi connectivity index (χ0) is 23.8. The fourth-order valence-electron chi connectivity index (χ4n) is 3.24. The Morgan fingerprint density at radius 2 is 1.30 bits per heavy atom. The lowest BCUT2D eigenvalue weighted by Gasteiger charge is -2.43. The summed E-state index contributed by atoms with van der Waals surface area (Å²) in [6.07, 6.45) is -8.53. The minimum Gasteiger partial charge on any atom is -0.455 e. The van der Waals surface area contributed by atoms with Crippen LogP contribution in [0.25, 0.3) is 0 Å². The van der Waals surface area contributed by atoms with E-state index in [1.165, 1.54) is 13.1 Å². The minimum atomic E-state index is -6.08. The first kappa shape index (κ1) is 29.9. The van der Waals surface area contributed by atoms with E-state index >= 15 is 0 Å². The number of hydrogen-bond donors (Lipinski definition) is 0. The SMILES string of the molecule is CCCCCCCC([Si](C)(C)O[Si](C)C)[Si](OC(F)F)(OC(F)(F)F)OC(F)(F)F. The highest BCUT2D eigenvalue weighted by Crippen LogP contribution is 2.45. The van der Waals surface area contributed by atoms with Crippen molar-refractivity contribution in [1.29, 1.82) is 0 Å². The molecule has 30 heavy (non-hydrogen) atoms. The Morgan fingerprint density at radius 1 is 0.833 bits per heavy atom. The van der Waals surface area contributed by atoms with Crippen LogP contribution in [0.4, 0.5) is 35.1 Å². The molecule has 0 saturated heterocycles. The summed E-state index contributed by atoms with van der Waals surface area (Å²) in [5.74, 6) is 0. The smallest absolute Gasteiger partial charge is 0.455 e. The van der Waals surface area contributed by atoms with Crippen molar-refractivity contribution in [3.8, 4) is 0 Å². The Hall–Kier alpha value is -0.0694. The summed E-state index contributed by atoms with van der Waals surface area (Å²) in [5, 5.41) is -1.70. The summed E-state index contributed by atoms with van der Waals surface area (Å²) in [6.45, 7) is 4.01. The van der Waals surface area contributed by atoms with Crippen LogP contribution in [0.5, 0.6) is 0 Å². The molecule has 4 nitrogen and oxygen atoms in total. The van der Waals surface area contributed by atoms with Crippen LogP contribution in [-0.4, -0.2) is 45.5 Å². The highest BCUT2D eigenvalue weighted by Gasteiger charge is 2.67. The van der Waals surface area contributed by atoms with Crippen LogP contribution in [0.15, 0.2) is 0 Å². The highest BCUT2D eigenvalue weighted by atomic mass is 28.5. The lowest BCUT2D eigenvalue weighted by molar-refractivity contribution is -0.342. The van der Waals surface area contributed by atoms with Crippen molar-refractivity contribution in [3.63, 3.8) is 0 Å². The molecule has 0 aromatic carbocycles. The molecule has 181 valence electrons. The second-order valence-corrected chi connectivity index (χ2v) is 17.1. The van der Waals surface area contributed by atoms with Gasteiger partial charge in [-0.25, -0.2) is 0 Å². The van der Waals surface area contributed by atoms with E-state index in [4.69, 9.17) is 4.12 Å². The van der Waals surface area contributed by atoms with Crippen molar-refractivity contribution < 1.29 is 52.5 Å². The molecule has 0 fully saturated rings. The second kappa shape index (κ2) is 12.2. The molecule has 1 atom stereocenters. The van der Waals surface area contributed by atoms with Gasteiger partial charge < -0.3 is 8.54 Å². The number of halogens is 8. The van der Waals surface area contributed by atoms with Gasteiger partial charge in [0.2, 0.25) is 0 Å². The van der Waals surface area contributed by atoms with Crippen LogP contribution in [0.1, 0.15) is 45.4 Å². The van der Waals surface area contributed by atoms with E-state index < -0.39 is 50.7 Å². The standard InChI is InChI=1S/C15H29F8O4Si3/c1-6-7-8-9-10-11-12(29(4,5)27-28(2)3)30(24-13(16)17,25-14(18,19)20)26-15(21,22)23/h12-13H,6-11H2,1-5H3. The molecule has 0 saturated carbocycles. The van der Waals surface area contributed by atoms with Gasteiger partial charge in [-0.3, -0.25) is 8.85 Å². The van der Waals surface area contributed by atoms with Gasteiger partial charge in [0, 0.05) is 5.16 Å². The molecule has 0 aromatic rings. The van der Waals surface area contributed by atoms with Gasteiger partial charge in [0.15, 0.2) is 17.4 Å². The van der Waals surface area contributed by atoms with E-state index in [2.05, 4.69) is 13.3 Å². The Balaban J connectivity index is 6.27. The number of unbranched alkanes of at least 4 members (excludes halogenated alkanes) is 4. The summed E-state index contributed by atoms with van der Waals surface area (Å²) in [6, 6.07) is 0. The van der Waals surface area contributed by atoms with Gasteiger partial charge in [-0.05, 0) is 32.6 Å². The first-order chi connectivity index (χ1) is 13.4. The van der Waals surface area contributed by atoms with Gasteiger partial charge in [-0.2, -0.15) is 8.78 Å². The first-order valence-electron chi connectivity index (χ1n) is 9.43. The maximum absolute atomic E-state index is 13.1. The Kier molecular flexibility index (Phi) is 12.2. The van der Waals surface area contributed by atoms with Crippen LogP contribution in [0.3, 0.4) is 0 Å². The van der Waals surface area contributed by atoms with Crippen molar-refractivity contribution in [1.82, 2.24) is 0 Å². The predicted molar refractivity (Wildman–Crippen MR) is 100 cm³/mol. The quantitative estimate of drug-likeness (QED) is 0.144. The molecule has 1 radical (unpaired) electrons. The van der Waals surface area contributed by atoms with Crippen LogP contribution in [0.2, 0.25) is 31.4 Å². The summed E-state index contributed by atoms with van der Waals surface area (Å²) in [5.41, 5.74) is 0. The van der Waals surface area contributed by atoms with Crippen molar-refractivity contribution in [3.05, 3.63) is 0 Å². The Labute approximate surface area is 175 Å². The maximum atomic E-state index is 13.1. The van der Waals surface area contributed by atoms with E-state index in [1.807, 2.05) is 6.92 Å². The zero-order valence-corrected chi connectivity index (χ0v) is 20.6. The molecule has 1 unspecified atom stereocenters. The normalized spacial score (nSPS) is 15.3. The van der Waals surface area contributed by atoms with E-state index in [0.29, 0.717) is 12.8 Å². The Bertz CT molecular complexity index is 473. The molecular formula is C15H29F8O4Si3. The summed E-state index contributed by atoms with van der Waals surface area (Å²) < 4.78 is 122. The summed E-state index contributed by atoms with van der Waals surface area (Å²) >= 11 is 0. The van der Waals surface area contributed by atoms with Crippen LogP contribution < -0.4 is 0 Å². The predicted octanol–water partition coefficient (Wildman–Crippen LogP) is 6.98. The zero-order valence-electron chi connectivity index (χ0n) is 17.6. The van der Waals surface area contributed by atoms with Gasteiger partial charge in [0.25, 0.3) is 0 Å². The molecule has 0 aliphatic rings. The number of rotatable bonds is 14.